The fraction of sp³-hybridized carbons (Fsp3) is 0.364. The Bertz CT molecular complexity index is 906. The third-order valence-electron chi connectivity index (χ3n) is 4.45. The topological polar surface area (TPSA) is 35.0 Å². The van der Waals surface area contributed by atoms with Gasteiger partial charge in [-0.05, 0) is 42.0 Å². The number of hydrogen-bond acceptors (Lipinski definition) is 3. The normalized spacial score (nSPS) is 12.7. The Hall–Kier alpha value is -2.56. The largest absolute Gasteiger partial charge is 0.477 e. The van der Waals surface area contributed by atoms with Crippen molar-refractivity contribution in [3.63, 3.8) is 0 Å². The monoisotopic (exact) mass is 370 g/mol. The lowest BCUT2D eigenvalue weighted by atomic mass is 10.00. The summed E-state index contributed by atoms with van der Waals surface area (Å²) in [5.74, 6) is 0.831. The van der Waals surface area contributed by atoms with Gasteiger partial charge in [-0.3, -0.25) is 4.98 Å². The Morgan fingerprint density at radius 3 is 2.56 bits per heavy atom. The minimum Gasteiger partial charge on any atom is -0.477 e. The summed E-state index contributed by atoms with van der Waals surface area (Å²) in [4.78, 5) is 8.53. The molecule has 142 valence electrons. The van der Waals surface area contributed by atoms with Crippen molar-refractivity contribution in [2.24, 2.45) is 11.8 Å². The maximum atomic E-state index is 13.6. The van der Waals surface area contributed by atoms with Crippen molar-refractivity contribution in [3.05, 3.63) is 54.4 Å². The molecule has 0 saturated carbocycles. The molecule has 2 heterocycles. The van der Waals surface area contributed by atoms with Gasteiger partial charge in [0.1, 0.15) is 0 Å². The summed E-state index contributed by atoms with van der Waals surface area (Å²) in [6.45, 7) is 6.70. The van der Waals surface area contributed by atoms with Crippen LogP contribution in [0, 0.1) is 11.8 Å². The fourth-order valence-electron chi connectivity index (χ4n) is 3.34. The second-order valence-electron chi connectivity index (χ2n) is 7.34. The van der Waals surface area contributed by atoms with Crippen molar-refractivity contribution in [1.82, 2.24) is 9.97 Å². The summed E-state index contributed by atoms with van der Waals surface area (Å²) in [5.41, 5.74) is 2.10. The van der Waals surface area contributed by atoms with Crippen LogP contribution in [0.5, 0.6) is 5.88 Å². The van der Waals surface area contributed by atoms with Crippen LogP contribution in [-0.4, -0.2) is 16.6 Å². The van der Waals surface area contributed by atoms with Gasteiger partial charge in [0.15, 0.2) is 0 Å². The number of ether oxygens (including phenoxy) is 1. The molecule has 0 N–H and O–H groups in total. The number of rotatable bonds is 7. The van der Waals surface area contributed by atoms with E-state index in [1.54, 1.807) is 12.4 Å². The molecule has 0 spiro atoms. The first kappa shape index (κ1) is 19.2. The van der Waals surface area contributed by atoms with E-state index in [1.807, 2.05) is 30.3 Å². The molecule has 0 unspecified atom stereocenters. The number of alkyl halides is 2. The molecule has 0 radical (unpaired) electrons. The quantitative estimate of drug-likeness (QED) is 0.490. The molecular weight excluding hydrogens is 346 g/mol. The molecule has 3 nitrogen and oxygen atoms in total. The first-order valence-electron chi connectivity index (χ1n) is 9.20. The van der Waals surface area contributed by atoms with Crippen molar-refractivity contribution < 1.29 is 13.5 Å². The minimum atomic E-state index is -2.65. The molecule has 0 aliphatic rings. The Morgan fingerprint density at radius 2 is 1.81 bits per heavy atom. The van der Waals surface area contributed by atoms with Crippen molar-refractivity contribution in [2.75, 3.05) is 6.61 Å². The standard InChI is InChI=1S/C22H24F2N2O/c1-14(2)10-15(3)13-27-22-19(21(23)24)11-16(12-26-22)17-8-9-25-20-7-5-4-6-18(17)20/h4-9,11-12,14-15,21H,10,13H2,1-3H3/t15-/m1/s1. The van der Waals surface area contributed by atoms with Gasteiger partial charge in [0.05, 0.1) is 17.7 Å². The van der Waals surface area contributed by atoms with Crippen LogP contribution in [-0.2, 0) is 0 Å². The molecule has 0 saturated heterocycles. The lowest BCUT2D eigenvalue weighted by molar-refractivity contribution is 0.140. The number of halogens is 2. The van der Waals surface area contributed by atoms with Gasteiger partial charge in [-0.2, -0.15) is 0 Å². The summed E-state index contributed by atoms with van der Waals surface area (Å²) >= 11 is 0. The van der Waals surface area contributed by atoms with Gasteiger partial charge in [-0.1, -0.05) is 39.0 Å². The summed E-state index contributed by atoms with van der Waals surface area (Å²) in [6, 6.07) is 10.9. The number of nitrogens with zero attached hydrogens (tertiary/aromatic N) is 2. The average molecular weight is 370 g/mol. The van der Waals surface area contributed by atoms with Crippen molar-refractivity contribution in [3.8, 4) is 17.0 Å². The predicted octanol–water partition coefficient (Wildman–Crippen LogP) is 6.30. The van der Waals surface area contributed by atoms with E-state index in [0.717, 1.165) is 22.9 Å². The number of aromatic nitrogens is 2. The van der Waals surface area contributed by atoms with E-state index < -0.39 is 6.43 Å². The van der Waals surface area contributed by atoms with Gasteiger partial charge in [-0.15, -0.1) is 0 Å². The summed E-state index contributed by atoms with van der Waals surface area (Å²) in [7, 11) is 0. The second-order valence-corrected chi connectivity index (χ2v) is 7.34. The van der Waals surface area contributed by atoms with E-state index in [-0.39, 0.29) is 17.4 Å². The summed E-state index contributed by atoms with van der Waals surface area (Å²) in [6.07, 6.45) is 1.60. The van der Waals surface area contributed by atoms with Crippen LogP contribution in [0.15, 0.2) is 48.8 Å². The Balaban J connectivity index is 1.91. The molecule has 3 rings (SSSR count). The van der Waals surface area contributed by atoms with Crippen LogP contribution < -0.4 is 4.74 Å². The highest BCUT2D eigenvalue weighted by atomic mass is 19.3. The van der Waals surface area contributed by atoms with E-state index >= 15 is 0 Å². The van der Waals surface area contributed by atoms with Crippen LogP contribution in [0.4, 0.5) is 8.78 Å². The highest BCUT2D eigenvalue weighted by molar-refractivity contribution is 5.94. The van der Waals surface area contributed by atoms with Crippen LogP contribution in [0.1, 0.15) is 39.2 Å². The lowest BCUT2D eigenvalue weighted by Crippen LogP contribution is -2.12. The minimum absolute atomic E-state index is 0.0164. The van der Waals surface area contributed by atoms with Crippen molar-refractivity contribution in [1.29, 1.82) is 0 Å². The zero-order valence-corrected chi connectivity index (χ0v) is 15.8. The molecule has 1 atom stereocenters. The van der Waals surface area contributed by atoms with Crippen LogP contribution in [0.3, 0.4) is 0 Å². The number of pyridine rings is 2. The Morgan fingerprint density at radius 1 is 1.04 bits per heavy atom. The first-order chi connectivity index (χ1) is 13.0. The van der Waals surface area contributed by atoms with E-state index in [9.17, 15) is 8.78 Å². The second kappa shape index (κ2) is 8.42. The zero-order valence-electron chi connectivity index (χ0n) is 15.8. The van der Waals surface area contributed by atoms with Gasteiger partial charge in [-0.25, -0.2) is 13.8 Å². The molecule has 0 aliphatic heterocycles. The Labute approximate surface area is 158 Å². The molecule has 2 aromatic heterocycles. The molecular formula is C22H24F2N2O. The number of benzene rings is 1. The van der Waals surface area contributed by atoms with Crippen molar-refractivity contribution in [2.45, 2.75) is 33.6 Å². The third-order valence-corrected chi connectivity index (χ3v) is 4.45. The molecule has 3 aromatic rings. The van der Waals surface area contributed by atoms with Gasteiger partial charge >= 0.3 is 0 Å². The maximum absolute atomic E-state index is 13.6. The highest BCUT2D eigenvalue weighted by Gasteiger charge is 2.19. The smallest absolute Gasteiger partial charge is 0.269 e. The van der Waals surface area contributed by atoms with E-state index in [2.05, 4.69) is 30.7 Å². The fourth-order valence-corrected chi connectivity index (χ4v) is 3.34. The zero-order chi connectivity index (χ0) is 19.4. The van der Waals surface area contributed by atoms with Crippen LogP contribution in [0.2, 0.25) is 0 Å². The third kappa shape index (κ3) is 4.59. The number of hydrogen-bond donors (Lipinski definition) is 0. The average Bonchev–Trinajstić information content (AvgIpc) is 2.65. The molecule has 0 fully saturated rings. The maximum Gasteiger partial charge on any atom is 0.269 e. The molecule has 0 bridgehead atoms. The van der Waals surface area contributed by atoms with Gasteiger partial charge in [0, 0.05) is 23.3 Å². The summed E-state index contributed by atoms with van der Waals surface area (Å²) < 4.78 is 32.9. The van der Waals surface area contributed by atoms with Crippen molar-refractivity contribution >= 4 is 10.9 Å². The number of fused-ring (bicyclic) bond motifs is 1. The SMILES string of the molecule is CC(C)C[C@@H](C)COc1ncc(-c2ccnc3ccccc23)cc1C(F)F. The van der Waals surface area contributed by atoms with Gasteiger partial charge in [0.25, 0.3) is 6.43 Å². The number of para-hydroxylation sites is 1. The van der Waals surface area contributed by atoms with E-state index in [1.165, 1.54) is 6.07 Å². The predicted molar refractivity (Wildman–Crippen MR) is 104 cm³/mol. The van der Waals surface area contributed by atoms with E-state index in [4.69, 9.17) is 4.74 Å². The molecule has 0 amide bonds. The van der Waals surface area contributed by atoms with Crippen LogP contribution in [0.25, 0.3) is 22.0 Å². The highest BCUT2D eigenvalue weighted by Crippen LogP contribution is 2.34. The van der Waals surface area contributed by atoms with Gasteiger partial charge in [0.2, 0.25) is 5.88 Å². The van der Waals surface area contributed by atoms with Gasteiger partial charge < -0.3 is 4.74 Å². The lowest BCUT2D eigenvalue weighted by Gasteiger charge is -2.17. The summed E-state index contributed by atoms with van der Waals surface area (Å²) in [5, 5.41) is 0.904. The molecule has 5 heteroatoms. The van der Waals surface area contributed by atoms with E-state index in [0.29, 0.717) is 18.1 Å². The Kier molecular flexibility index (Phi) is 5.99. The molecule has 1 aromatic carbocycles. The first-order valence-corrected chi connectivity index (χ1v) is 9.20. The molecule has 27 heavy (non-hydrogen) atoms. The van der Waals surface area contributed by atoms with Crippen LogP contribution >= 0.6 is 0 Å². The molecule has 0 aliphatic carbocycles.